The molecular formula is C24H25F3N8O3S. The molecule has 0 aliphatic carbocycles. The number of amides is 1. The van der Waals surface area contributed by atoms with Gasteiger partial charge < -0.3 is 20.5 Å². The first-order chi connectivity index (χ1) is 18.6. The highest BCUT2D eigenvalue weighted by Crippen LogP contribution is 2.29. The standard InChI is InChI=1S/C24H25F3N8O3S/c1-14-9-20(32-31-14)29-22-17-3-2-8-35(17)33-23(30-22)39-16-6-4-15(5-7-16)28-21(37)12-34-10-18(36)19(11-34)38-13-24(25,26)27/h2-9,18-19,36H,10-13H2,1H3,(H,28,37)(H2,29,30,31,32,33)/t18-,19-/m0/s1. The van der Waals surface area contributed by atoms with Crippen LogP contribution < -0.4 is 10.6 Å². The summed E-state index contributed by atoms with van der Waals surface area (Å²) in [5, 5.41) is 28.0. The second-order valence-corrected chi connectivity index (χ2v) is 10.1. The molecule has 39 heavy (non-hydrogen) atoms. The van der Waals surface area contributed by atoms with E-state index in [1.54, 1.807) is 21.5 Å². The fraction of sp³-hybridized carbons (Fsp3) is 0.333. The number of aliphatic hydroxyl groups is 1. The molecule has 1 amide bonds. The van der Waals surface area contributed by atoms with Gasteiger partial charge in [0.2, 0.25) is 11.1 Å². The minimum atomic E-state index is -4.48. The molecule has 3 aromatic heterocycles. The van der Waals surface area contributed by atoms with Crippen LogP contribution in [-0.4, -0.2) is 85.3 Å². The number of nitrogens with one attached hydrogen (secondary N) is 3. The van der Waals surface area contributed by atoms with Crippen LogP contribution in [0.2, 0.25) is 0 Å². The number of rotatable bonds is 9. The summed E-state index contributed by atoms with van der Waals surface area (Å²) in [7, 11) is 0. The third kappa shape index (κ3) is 7.06. The van der Waals surface area contributed by atoms with Gasteiger partial charge in [0.25, 0.3) is 0 Å². The number of H-pyrrole nitrogens is 1. The number of aromatic amines is 1. The topological polar surface area (TPSA) is 133 Å². The van der Waals surface area contributed by atoms with Gasteiger partial charge >= 0.3 is 6.18 Å². The van der Waals surface area contributed by atoms with Crippen LogP contribution in [0.25, 0.3) is 5.52 Å². The van der Waals surface area contributed by atoms with Crippen molar-refractivity contribution in [1.29, 1.82) is 0 Å². The molecule has 0 radical (unpaired) electrons. The van der Waals surface area contributed by atoms with Crippen molar-refractivity contribution in [1.82, 2.24) is 29.7 Å². The van der Waals surface area contributed by atoms with E-state index in [-0.39, 0.29) is 25.5 Å². The first-order valence-corrected chi connectivity index (χ1v) is 12.7. The van der Waals surface area contributed by atoms with Crippen molar-refractivity contribution in [2.24, 2.45) is 0 Å². The molecule has 1 saturated heterocycles. The lowest BCUT2D eigenvalue weighted by Gasteiger charge is -2.17. The predicted octanol–water partition coefficient (Wildman–Crippen LogP) is 3.22. The summed E-state index contributed by atoms with van der Waals surface area (Å²) in [5.41, 5.74) is 2.26. The average molecular weight is 563 g/mol. The Balaban J connectivity index is 1.17. The summed E-state index contributed by atoms with van der Waals surface area (Å²) in [6, 6.07) is 12.7. The summed E-state index contributed by atoms with van der Waals surface area (Å²) in [6.07, 6.45) is -4.74. The number of aromatic nitrogens is 5. The molecule has 11 nitrogen and oxygen atoms in total. The number of alkyl halides is 3. The van der Waals surface area contributed by atoms with Crippen LogP contribution in [0.3, 0.4) is 0 Å². The number of fused-ring (bicyclic) bond motifs is 1. The van der Waals surface area contributed by atoms with Crippen molar-refractivity contribution >= 4 is 40.5 Å². The quantitative estimate of drug-likeness (QED) is 0.243. The number of anilines is 3. The van der Waals surface area contributed by atoms with Crippen LogP contribution in [0.5, 0.6) is 0 Å². The van der Waals surface area contributed by atoms with E-state index in [4.69, 9.17) is 4.74 Å². The number of nitrogens with zero attached hydrogens (tertiary/aromatic N) is 5. The molecule has 2 atom stereocenters. The monoisotopic (exact) mass is 562 g/mol. The van der Waals surface area contributed by atoms with E-state index in [0.717, 1.165) is 16.1 Å². The van der Waals surface area contributed by atoms with Crippen LogP contribution in [0.15, 0.2) is 58.7 Å². The second-order valence-electron chi connectivity index (χ2n) is 9.04. The highest BCUT2D eigenvalue weighted by atomic mass is 32.2. The summed E-state index contributed by atoms with van der Waals surface area (Å²) in [6.45, 7) is 0.458. The molecule has 0 saturated carbocycles. The van der Waals surface area contributed by atoms with Crippen LogP contribution >= 0.6 is 11.8 Å². The maximum absolute atomic E-state index is 12.5. The Morgan fingerprint density at radius 2 is 2.05 bits per heavy atom. The number of carbonyl (C=O) groups excluding carboxylic acids is 1. The van der Waals surface area contributed by atoms with E-state index in [1.165, 1.54) is 11.8 Å². The van der Waals surface area contributed by atoms with Crippen LogP contribution in [-0.2, 0) is 9.53 Å². The van der Waals surface area contributed by atoms with Gasteiger partial charge in [-0.25, -0.2) is 9.50 Å². The molecule has 5 rings (SSSR count). The molecule has 1 aromatic carbocycles. The fourth-order valence-corrected chi connectivity index (χ4v) is 4.84. The van der Waals surface area contributed by atoms with Gasteiger partial charge in [0.15, 0.2) is 11.6 Å². The number of likely N-dealkylation sites (tertiary alicyclic amines) is 1. The van der Waals surface area contributed by atoms with Crippen LogP contribution in [0.1, 0.15) is 5.69 Å². The molecule has 4 heterocycles. The number of aliphatic hydroxyl groups excluding tert-OH is 1. The average Bonchev–Trinajstić information content (AvgIpc) is 3.59. The molecular weight excluding hydrogens is 537 g/mol. The minimum Gasteiger partial charge on any atom is -0.389 e. The van der Waals surface area contributed by atoms with Gasteiger partial charge in [0.05, 0.1) is 18.8 Å². The normalized spacial score (nSPS) is 18.1. The zero-order chi connectivity index (χ0) is 27.6. The fourth-order valence-electron chi connectivity index (χ4n) is 4.10. The Bertz CT molecular complexity index is 1440. The lowest BCUT2D eigenvalue weighted by molar-refractivity contribution is -0.190. The Kier molecular flexibility index (Phi) is 7.74. The number of aryl methyl sites for hydroxylation is 1. The van der Waals surface area contributed by atoms with E-state index < -0.39 is 25.0 Å². The summed E-state index contributed by atoms with van der Waals surface area (Å²) in [4.78, 5) is 19.5. The van der Waals surface area contributed by atoms with Gasteiger partial charge in [-0.3, -0.25) is 14.8 Å². The molecule has 4 aromatic rings. The van der Waals surface area contributed by atoms with E-state index in [9.17, 15) is 23.1 Å². The lowest BCUT2D eigenvalue weighted by Crippen LogP contribution is -2.33. The van der Waals surface area contributed by atoms with Crippen LogP contribution in [0.4, 0.5) is 30.5 Å². The largest absolute Gasteiger partial charge is 0.411 e. The SMILES string of the molecule is Cc1cc(Nc2nc(Sc3ccc(NC(=O)CN4C[C@H](OCC(F)(F)F)[C@@H](O)C4)cc3)nn3cccc23)n[nH]1. The van der Waals surface area contributed by atoms with E-state index in [0.29, 0.717) is 22.5 Å². The zero-order valence-corrected chi connectivity index (χ0v) is 21.5. The van der Waals surface area contributed by atoms with E-state index in [1.807, 2.05) is 43.5 Å². The van der Waals surface area contributed by atoms with E-state index >= 15 is 0 Å². The van der Waals surface area contributed by atoms with Gasteiger partial charge in [0.1, 0.15) is 12.1 Å². The van der Waals surface area contributed by atoms with Crippen molar-refractivity contribution in [3.63, 3.8) is 0 Å². The number of hydrogen-bond acceptors (Lipinski definition) is 9. The van der Waals surface area contributed by atoms with Gasteiger partial charge in [-0.15, -0.1) is 5.10 Å². The smallest absolute Gasteiger partial charge is 0.389 e. The number of carbonyl (C=O) groups is 1. The number of benzene rings is 1. The number of halogens is 3. The summed E-state index contributed by atoms with van der Waals surface area (Å²) < 4.78 is 43.6. The lowest BCUT2D eigenvalue weighted by atomic mass is 10.3. The first-order valence-electron chi connectivity index (χ1n) is 11.9. The highest BCUT2D eigenvalue weighted by Gasteiger charge is 2.36. The molecule has 1 fully saturated rings. The Hall–Kier alpha value is -3.66. The molecule has 1 aliphatic rings. The molecule has 4 N–H and O–H groups in total. The first kappa shape index (κ1) is 26.9. The van der Waals surface area contributed by atoms with Crippen molar-refractivity contribution in [3.05, 3.63) is 54.4 Å². The van der Waals surface area contributed by atoms with E-state index in [2.05, 4.69) is 30.9 Å². The molecule has 1 aliphatic heterocycles. The van der Waals surface area contributed by atoms with Gasteiger partial charge in [0, 0.05) is 41.6 Å². The van der Waals surface area contributed by atoms with Crippen molar-refractivity contribution in [2.45, 2.75) is 35.4 Å². The predicted molar refractivity (Wildman–Crippen MR) is 137 cm³/mol. The summed E-state index contributed by atoms with van der Waals surface area (Å²) >= 11 is 1.34. The van der Waals surface area contributed by atoms with Crippen molar-refractivity contribution in [3.8, 4) is 0 Å². The molecule has 0 unspecified atom stereocenters. The Morgan fingerprint density at radius 3 is 2.77 bits per heavy atom. The zero-order valence-electron chi connectivity index (χ0n) is 20.6. The maximum Gasteiger partial charge on any atom is 0.411 e. The van der Waals surface area contributed by atoms with Crippen LogP contribution in [0, 0.1) is 6.92 Å². The number of hydrogen-bond donors (Lipinski definition) is 4. The minimum absolute atomic E-state index is 0.0303. The third-order valence-electron chi connectivity index (χ3n) is 5.81. The number of ether oxygens (including phenoxy) is 1. The number of β-amino-alcohol motifs (C(OH)–C–C–N with tert-alkyl or cyclic N) is 1. The second kappa shape index (κ2) is 11.2. The molecule has 0 bridgehead atoms. The third-order valence-corrected chi connectivity index (χ3v) is 6.68. The summed E-state index contributed by atoms with van der Waals surface area (Å²) in [5.74, 6) is 0.883. The van der Waals surface area contributed by atoms with Crippen molar-refractivity contribution < 1.29 is 27.8 Å². The van der Waals surface area contributed by atoms with Gasteiger partial charge in [-0.05, 0) is 55.1 Å². The highest BCUT2D eigenvalue weighted by molar-refractivity contribution is 7.99. The molecule has 206 valence electrons. The molecule has 15 heteroatoms. The Labute approximate surface area is 224 Å². The molecule has 0 spiro atoms. The maximum atomic E-state index is 12.5. The van der Waals surface area contributed by atoms with Gasteiger partial charge in [-0.2, -0.15) is 18.3 Å². The van der Waals surface area contributed by atoms with Crippen molar-refractivity contribution in [2.75, 3.05) is 36.9 Å². The Morgan fingerprint density at radius 1 is 1.26 bits per heavy atom. The van der Waals surface area contributed by atoms with Gasteiger partial charge in [-0.1, -0.05) is 0 Å².